The maximum Gasteiger partial charge on any atom is 0.338 e. The van der Waals surface area contributed by atoms with E-state index in [1.54, 1.807) is 12.1 Å². The second-order valence-electron chi connectivity index (χ2n) is 8.06. The van der Waals surface area contributed by atoms with Crippen molar-refractivity contribution in [1.29, 1.82) is 0 Å². The van der Waals surface area contributed by atoms with Gasteiger partial charge in [-0.2, -0.15) is 5.10 Å². The maximum absolute atomic E-state index is 12.8. The quantitative estimate of drug-likeness (QED) is 0.796. The van der Waals surface area contributed by atoms with Crippen LogP contribution in [0.25, 0.3) is 0 Å². The van der Waals surface area contributed by atoms with Crippen molar-refractivity contribution in [3.8, 4) is 0 Å². The molecule has 1 atom stereocenters. The molecule has 4 rings (SSSR count). The summed E-state index contributed by atoms with van der Waals surface area (Å²) in [5.41, 5.74) is 3.77. The zero-order chi connectivity index (χ0) is 22.0. The van der Waals surface area contributed by atoms with Gasteiger partial charge in [-0.15, -0.1) is 0 Å². The Balaban J connectivity index is 1.53. The average Bonchev–Trinajstić information content (AvgIpc) is 3.19. The number of piperazine rings is 1. The minimum Gasteiger partial charge on any atom is -0.332 e. The SMILES string of the molecule is Cc1ccc(C2=NN(C(=O)NCc3ccc(Cl)cc3)CC2N2CCN(C)CC2=O)cc1. The van der Waals surface area contributed by atoms with Gasteiger partial charge >= 0.3 is 6.03 Å². The third-order valence-corrected chi connectivity index (χ3v) is 5.91. The highest BCUT2D eigenvalue weighted by atomic mass is 35.5. The van der Waals surface area contributed by atoms with Gasteiger partial charge in [-0.05, 0) is 37.2 Å². The number of aryl methyl sites for hydroxylation is 1. The minimum absolute atomic E-state index is 0.0574. The molecule has 1 unspecified atom stereocenters. The molecule has 1 fully saturated rings. The Morgan fingerprint density at radius 2 is 1.84 bits per heavy atom. The highest BCUT2D eigenvalue weighted by molar-refractivity contribution is 6.30. The van der Waals surface area contributed by atoms with E-state index in [2.05, 4.69) is 10.4 Å². The highest BCUT2D eigenvalue weighted by Gasteiger charge is 2.38. The first kappa shape index (κ1) is 21.3. The molecular formula is C23H26ClN5O2. The van der Waals surface area contributed by atoms with Gasteiger partial charge < -0.3 is 10.2 Å². The number of likely N-dealkylation sites (N-methyl/N-ethyl adjacent to an activating group) is 1. The number of amides is 3. The smallest absolute Gasteiger partial charge is 0.332 e. The molecule has 162 valence electrons. The number of hydrogen-bond acceptors (Lipinski definition) is 4. The molecule has 2 aliphatic heterocycles. The van der Waals surface area contributed by atoms with Crippen molar-refractivity contribution in [2.24, 2.45) is 5.10 Å². The first-order chi connectivity index (χ1) is 14.9. The Hall–Kier alpha value is -2.90. The maximum atomic E-state index is 12.8. The Bertz CT molecular complexity index is 990. The van der Waals surface area contributed by atoms with Crippen LogP contribution in [0, 0.1) is 6.92 Å². The lowest BCUT2D eigenvalue weighted by molar-refractivity contribution is -0.136. The van der Waals surface area contributed by atoms with Crippen molar-refractivity contribution in [3.05, 3.63) is 70.2 Å². The molecule has 2 aliphatic rings. The standard InChI is InChI=1S/C23H26ClN5O2/c1-16-3-7-18(8-4-16)22-20(28-12-11-27(2)15-21(28)30)14-29(26-22)23(31)25-13-17-5-9-19(24)10-6-17/h3-10,20H,11-15H2,1-2H3,(H,25,31). The lowest BCUT2D eigenvalue weighted by Crippen LogP contribution is -2.56. The molecule has 2 heterocycles. The summed E-state index contributed by atoms with van der Waals surface area (Å²) in [5, 5.41) is 9.63. The summed E-state index contributed by atoms with van der Waals surface area (Å²) < 4.78 is 0. The predicted octanol–water partition coefficient (Wildman–Crippen LogP) is 2.72. The summed E-state index contributed by atoms with van der Waals surface area (Å²) in [6.07, 6.45) is 0. The molecule has 0 aliphatic carbocycles. The minimum atomic E-state index is -0.288. The number of rotatable bonds is 4. The molecular weight excluding hydrogens is 414 g/mol. The van der Waals surface area contributed by atoms with Gasteiger partial charge in [0, 0.05) is 24.7 Å². The van der Waals surface area contributed by atoms with Gasteiger partial charge in [0.05, 0.1) is 24.8 Å². The van der Waals surface area contributed by atoms with E-state index < -0.39 is 0 Å². The fourth-order valence-electron chi connectivity index (χ4n) is 3.84. The van der Waals surface area contributed by atoms with E-state index in [0.29, 0.717) is 31.2 Å². The van der Waals surface area contributed by atoms with Crippen molar-refractivity contribution in [3.63, 3.8) is 0 Å². The third kappa shape index (κ3) is 4.89. The van der Waals surface area contributed by atoms with Crippen molar-refractivity contribution >= 4 is 29.3 Å². The number of halogens is 1. The number of carbonyl (C=O) groups excluding carboxylic acids is 2. The normalized spacial score (nSPS) is 19.5. The summed E-state index contributed by atoms with van der Waals surface area (Å²) in [6.45, 7) is 4.53. The van der Waals surface area contributed by atoms with Crippen LogP contribution in [-0.2, 0) is 11.3 Å². The number of nitrogens with zero attached hydrogens (tertiary/aromatic N) is 4. The Morgan fingerprint density at radius 1 is 1.13 bits per heavy atom. The number of benzene rings is 2. The van der Waals surface area contributed by atoms with Crippen molar-refractivity contribution in [2.45, 2.75) is 19.5 Å². The summed E-state index contributed by atoms with van der Waals surface area (Å²) in [4.78, 5) is 29.4. The molecule has 0 spiro atoms. The van der Waals surface area contributed by atoms with Crippen LogP contribution in [0.2, 0.25) is 5.02 Å². The van der Waals surface area contributed by atoms with Crippen LogP contribution in [0.15, 0.2) is 53.6 Å². The van der Waals surface area contributed by atoms with Gasteiger partial charge in [0.15, 0.2) is 0 Å². The number of hydrogen-bond donors (Lipinski definition) is 1. The fourth-order valence-corrected chi connectivity index (χ4v) is 3.97. The molecule has 7 nitrogen and oxygen atoms in total. The molecule has 0 saturated carbocycles. The van der Waals surface area contributed by atoms with Gasteiger partial charge in [-0.3, -0.25) is 9.69 Å². The van der Waals surface area contributed by atoms with Crippen LogP contribution in [-0.4, -0.2) is 71.7 Å². The predicted molar refractivity (Wildman–Crippen MR) is 121 cm³/mol. The molecule has 1 saturated heterocycles. The van der Waals surface area contributed by atoms with E-state index in [1.807, 2.05) is 60.2 Å². The van der Waals surface area contributed by atoms with Gasteiger partial charge in [-0.1, -0.05) is 53.6 Å². The van der Waals surface area contributed by atoms with Crippen molar-refractivity contribution in [1.82, 2.24) is 20.1 Å². The van der Waals surface area contributed by atoms with Crippen molar-refractivity contribution in [2.75, 3.05) is 33.2 Å². The van der Waals surface area contributed by atoms with E-state index in [1.165, 1.54) is 5.01 Å². The van der Waals surface area contributed by atoms with E-state index in [-0.39, 0.29) is 18.0 Å². The van der Waals surface area contributed by atoms with Crippen molar-refractivity contribution < 1.29 is 9.59 Å². The monoisotopic (exact) mass is 439 g/mol. The molecule has 2 aromatic carbocycles. The van der Waals surface area contributed by atoms with Gasteiger partial charge in [0.2, 0.25) is 5.91 Å². The number of hydrazone groups is 1. The summed E-state index contributed by atoms with van der Waals surface area (Å²) in [5.74, 6) is 0.0574. The third-order valence-electron chi connectivity index (χ3n) is 5.65. The van der Waals surface area contributed by atoms with Crippen LogP contribution in [0.3, 0.4) is 0 Å². The van der Waals surface area contributed by atoms with Gasteiger partial charge in [0.25, 0.3) is 0 Å². The molecule has 0 radical (unpaired) electrons. The van der Waals surface area contributed by atoms with E-state index in [0.717, 1.165) is 28.9 Å². The van der Waals surface area contributed by atoms with Crippen LogP contribution in [0.5, 0.6) is 0 Å². The van der Waals surface area contributed by atoms with Gasteiger partial charge in [-0.25, -0.2) is 9.80 Å². The molecule has 0 bridgehead atoms. The van der Waals surface area contributed by atoms with Crippen LogP contribution >= 0.6 is 11.6 Å². The molecule has 2 aromatic rings. The lowest BCUT2D eigenvalue weighted by Gasteiger charge is -2.36. The van der Waals surface area contributed by atoms with Gasteiger partial charge in [0.1, 0.15) is 0 Å². The number of carbonyl (C=O) groups is 2. The number of urea groups is 1. The number of nitrogens with one attached hydrogen (secondary N) is 1. The molecule has 0 aromatic heterocycles. The first-order valence-corrected chi connectivity index (χ1v) is 10.7. The molecule has 3 amide bonds. The molecule has 1 N–H and O–H groups in total. The largest absolute Gasteiger partial charge is 0.338 e. The zero-order valence-corrected chi connectivity index (χ0v) is 18.5. The molecule has 31 heavy (non-hydrogen) atoms. The Kier molecular flexibility index (Phi) is 6.25. The van der Waals surface area contributed by atoms with E-state index >= 15 is 0 Å². The van der Waals surface area contributed by atoms with E-state index in [9.17, 15) is 9.59 Å². The Labute approximate surface area is 187 Å². The average molecular weight is 440 g/mol. The molecule has 8 heteroatoms. The van der Waals surface area contributed by atoms with Crippen LogP contribution in [0.4, 0.5) is 4.79 Å². The Morgan fingerprint density at radius 3 is 2.52 bits per heavy atom. The zero-order valence-electron chi connectivity index (χ0n) is 17.7. The van der Waals surface area contributed by atoms with E-state index in [4.69, 9.17) is 11.6 Å². The lowest BCUT2D eigenvalue weighted by atomic mass is 10.0. The summed E-state index contributed by atoms with van der Waals surface area (Å²) in [7, 11) is 1.94. The van der Waals surface area contributed by atoms with Crippen LogP contribution < -0.4 is 5.32 Å². The fraction of sp³-hybridized carbons (Fsp3) is 0.348. The van der Waals surface area contributed by atoms with Crippen LogP contribution in [0.1, 0.15) is 16.7 Å². The first-order valence-electron chi connectivity index (χ1n) is 10.3. The topological polar surface area (TPSA) is 68.2 Å². The second-order valence-corrected chi connectivity index (χ2v) is 8.50. The summed E-state index contributed by atoms with van der Waals surface area (Å²) in [6, 6.07) is 14.8. The highest BCUT2D eigenvalue weighted by Crippen LogP contribution is 2.22. The second kappa shape index (κ2) is 9.08. The summed E-state index contributed by atoms with van der Waals surface area (Å²) >= 11 is 5.92.